The number of nitrogens with zero attached hydrogens (tertiary/aromatic N) is 5. The number of terminal acetylenes is 1. The van der Waals surface area contributed by atoms with Crippen molar-refractivity contribution >= 4 is 27.5 Å². The van der Waals surface area contributed by atoms with Crippen LogP contribution in [0.2, 0.25) is 0 Å². The first-order valence-electron chi connectivity index (χ1n) is 14.3. The highest BCUT2D eigenvalue weighted by Gasteiger charge is 2.49. The molecule has 3 aliphatic rings. The summed E-state index contributed by atoms with van der Waals surface area (Å²) in [6.45, 7) is 3.96. The topological polar surface area (TPSA) is 66.4 Å². The van der Waals surface area contributed by atoms with Crippen molar-refractivity contribution in [2.45, 2.75) is 31.0 Å². The Morgan fingerprint density at radius 1 is 1.21 bits per heavy atom. The zero-order chi connectivity index (χ0) is 29.0. The zero-order valence-electron chi connectivity index (χ0n) is 23.3. The first-order chi connectivity index (χ1) is 20.4. The Hall–Kier alpha value is -3.94. The zero-order valence-corrected chi connectivity index (χ0v) is 23.3. The molecule has 2 aromatic heterocycles. The molecular weight excluding hydrogens is 541 g/mol. The number of alkyl halides is 1. The van der Waals surface area contributed by atoms with Gasteiger partial charge in [-0.15, -0.1) is 6.42 Å². The van der Waals surface area contributed by atoms with Crippen LogP contribution >= 0.6 is 0 Å². The average Bonchev–Trinajstić information content (AvgIpc) is 3.49. The van der Waals surface area contributed by atoms with Crippen molar-refractivity contribution in [3.05, 3.63) is 53.7 Å². The first-order valence-corrected chi connectivity index (χ1v) is 14.3. The van der Waals surface area contributed by atoms with E-state index in [2.05, 4.69) is 26.1 Å². The molecular formula is C32H31F3N6O. The van der Waals surface area contributed by atoms with E-state index < -0.39 is 23.3 Å². The summed E-state index contributed by atoms with van der Waals surface area (Å²) in [5.74, 6) is 2.12. The largest absolute Gasteiger partial charge is 0.461 e. The first kappa shape index (κ1) is 26.9. The molecule has 216 valence electrons. The van der Waals surface area contributed by atoms with Crippen LogP contribution in [0.5, 0.6) is 6.01 Å². The van der Waals surface area contributed by atoms with Crippen molar-refractivity contribution in [3.63, 3.8) is 0 Å². The van der Waals surface area contributed by atoms with Crippen molar-refractivity contribution in [1.82, 2.24) is 25.2 Å². The van der Waals surface area contributed by atoms with Crippen LogP contribution < -0.4 is 15.0 Å². The van der Waals surface area contributed by atoms with E-state index in [0.717, 1.165) is 32.5 Å². The van der Waals surface area contributed by atoms with Crippen LogP contribution in [0.15, 0.2) is 36.5 Å². The molecule has 3 saturated heterocycles. The molecule has 2 aromatic carbocycles. The van der Waals surface area contributed by atoms with Gasteiger partial charge in [-0.25, -0.2) is 13.2 Å². The fraction of sp³-hybridized carbons (Fsp3) is 0.406. The molecule has 0 saturated carbocycles. The van der Waals surface area contributed by atoms with E-state index in [4.69, 9.17) is 16.1 Å². The summed E-state index contributed by atoms with van der Waals surface area (Å²) in [5, 5.41) is 4.79. The Bertz CT molecular complexity index is 1740. The molecule has 3 fully saturated rings. The third-order valence-electron chi connectivity index (χ3n) is 9.03. The molecule has 0 amide bonds. The normalized spacial score (nSPS) is 22.3. The number of anilines is 1. The van der Waals surface area contributed by atoms with Gasteiger partial charge >= 0.3 is 6.01 Å². The maximum atomic E-state index is 16.5. The molecule has 0 bridgehead atoms. The van der Waals surface area contributed by atoms with Crippen molar-refractivity contribution in [2.75, 3.05) is 51.3 Å². The van der Waals surface area contributed by atoms with Gasteiger partial charge < -0.3 is 15.0 Å². The smallest absolute Gasteiger partial charge is 0.319 e. The summed E-state index contributed by atoms with van der Waals surface area (Å²) >= 11 is 0. The van der Waals surface area contributed by atoms with Crippen LogP contribution in [0.3, 0.4) is 0 Å². The number of ether oxygens (including phenoxy) is 1. The van der Waals surface area contributed by atoms with Gasteiger partial charge in [0.15, 0.2) is 5.82 Å². The van der Waals surface area contributed by atoms with Gasteiger partial charge in [0.05, 0.1) is 16.5 Å². The Kier molecular flexibility index (Phi) is 6.67. The Morgan fingerprint density at radius 2 is 2.07 bits per heavy atom. The van der Waals surface area contributed by atoms with Gasteiger partial charge in [-0.1, -0.05) is 30.2 Å². The van der Waals surface area contributed by atoms with E-state index in [1.807, 2.05) is 11.9 Å². The summed E-state index contributed by atoms with van der Waals surface area (Å²) in [6.07, 6.45) is 8.55. The summed E-state index contributed by atoms with van der Waals surface area (Å²) in [6, 6.07) is 8.18. The van der Waals surface area contributed by atoms with Gasteiger partial charge in [0.1, 0.15) is 35.6 Å². The minimum Gasteiger partial charge on any atom is -0.461 e. The summed E-state index contributed by atoms with van der Waals surface area (Å²) in [7, 11) is 1.91. The minimum atomic E-state index is -0.895. The van der Waals surface area contributed by atoms with Crippen molar-refractivity contribution in [2.24, 2.45) is 5.92 Å². The summed E-state index contributed by atoms with van der Waals surface area (Å²) in [4.78, 5) is 17.9. The number of fused-ring (bicyclic) bond motifs is 3. The average molecular weight is 573 g/mol. The molecule has 42 heavy (non-hydrogen) atoms. The molecule has 0 radical (unpaired) electrons. The number of hydrogen-bond donors (Lipinski definition) is 1. The van der Waals surface area contributed by atoms with Gasteiger partial charge in [-0.2, -0.15) is 9.97 Å². The lowest BCUT2D eigenvalue weighted by molar-refractivity contribution is 0.107. The van der Waals surface area contributed by atoms with Gasteiger partial charge in [0.2, 0.25) is 0 Å². The molecule has 1 N–H and O–H groups in total. The van der Waals surface area contributed by atoms with Gasteiger partial charge in [-0.05, 0) is 30.8 Å². The highest BCUT2D eigenvalue weighted by Crippen LogP contribution is 2.41. The highest BCUT2D eigenvalue weighted by molar-refractivity contribution is 6.02. The van der Waals surface area contributed by atoms with Gasteiger partial charge in [0.25, 0.3) is 0 Å². The number of benzene rings is 2. The summed E-state index contributed by atoms with van der Waals surface area (Å²) in [5.41, 5.74) is 0.0743. The van der Waals surface area contributed by atoms with E-state index >= 15 is 4.39 Å². The fourth-order valence-corrected chi connectivity index (χ4v) is 6.86. The second-order valence-electron chi connectivity index (χ2n) is 11.8. The number of halogens is 3. The molecule has 0 unspecified atom stereocenters. The second kappa shape index (κ2) is 10.4. The van der Waals surface area contributed by atoms with Gasteiger partial charge in [0, 0.05) is 62.7 Å². The Labute approximate surface area is 242 Å². The Morgan fingerprint density at radius 3 is 2.86 bits per heavy atom. The lowest BCUT2D eigenvalue weighted by atomic mass is 9.95. The molecule has 5 heterocycles. The molecule has 0 aliphatic carbocycles. The van der Waals surface area contributed by atoms with E-state index in [1.54, 1.807) is 30.5 Å². The molecule has 4 aromatic rings. The molecule has 0 spiro atoms. The minimum absolute atomic E-state index is 0.00766. The SMILES string of the molecule is C#Cc1c(F)ccc2cccc(-c3ncc4c(N(C)CC5CNC5)nc(OC[C@@]56CCCN5C[C@H](F)C6)nc4c3F)c12. The number of hydrogen-bond acceptors (Lipinski definition) is 7. The monoisotopic (exact) mass is 572 g/mol. The molecule has 7 rings (SSSR count). The van der Waals surface area contributed by atoms with Crippen LogP contribution in [0, 0.1) is 29.9 Å². The van der Waals surface area contributed by atoms with Crippen molar-refractivity contribution in [1.29, 1.82) is 0 Å². The van der Waals surface area contributed by atoms with E-state index in [0.29, 0.717) is 53.0 Å². The lowest BCUT2D eigenvalue weighted by Gasteiger charge is -2.32. The Balaban J connectivity index is 1.34. The number of rotatable bonds is 7. The number of nitrogens with one attached hydrogen (secondary N) is 1. The van der Waals surface area contributed by atoms with Crippen LogP contribution in [0.1, 0.15) is 24.8 Å². The number of aromatic nitrogens is 3. The van der Waals surface area contributed by atoms with Gasteiger partial charge in [-0.3, -0.25) is 9.88 Å². The standard InChI is InChI=1S/C32H31F3N6O/c1-3-22-25(34)9-8-20-6-4-7-23(26(20)22)28-27(35)29-24(15-37-28)30(40(2)16-19-13-36-14-19)39-31(38-29)42-18-32-10-5-11-41(32)17-21(33)12-32/h1,4,6-9,15,19,21,36H,5,10-14,16-18H2,2H3/t21-,32+/m1/s1. The predicted molar refractivity (Wildman–Crippen MR) is 156 cm³/mol. The molecule has 2 atom stereocenters. The van der Waals surface area contributed by atoms with E-state index in [-0.39, 0.29) is 29.4 Å². The predicted octanol–water partition coefficient (Wildman–Crippen LogP) is 4.72. The molecule has 3 aliphatic heterocycles. The van der Waals surface area contributed by atoms with Crippen LogP contribution in [-0.4, -0.2) is 77.9 Å². The lowest BCUT2D eigenvalue weighted by Crippen LogP contribution is -2.47. The van der Waals surface area contributed by atoms with Crippen LogP contribution in [0.4, 0.5) is 19.0 Å². The van der Waals surface area contributed by atoms with Crippen LogP contribution in [0.25, 0.3) is 32.9 Å². The maximum absolute atomic E-state index is 16.5. The van der Waals surface area contributed by atoms with Crippen molar-refractivity contribution < 1.29 is 17.9 Å². The highest BCUT2D eigenvalue weighted by atomic mass is 19.1. The second-order valence-corrected chi connectivity index (χ2v) is 11.8. The number of pyridine rings is 1. The van der Waals surface area contributed by atoms with Crippen LogP contribution in [-0.2, 0) is 0 Å². The molecule has 10 heteroatoms. The maximum Gasteiger partial charge on any atom is 0.319 e. The third-order valence-corrected chi connectivity index (χ3v) is 9.03. The van der Waals surface area contributed by atoms with E-state index in [1.165, 1.54) is 6.07 Å². The van der Waals surface area contributed by atoms with E-state index in [9.17, 15) is 8.78 Å². The third kappa shape index (κ3) is 4.43. The fourth-order valence-electron chi connectivity index (χ4n) is 6.86. The summed E-state index contributed by atoms with van der Waals surface area (Å²) < 4.78 is 51.8. The van der Waals surface area contributed by atoms with Crippen molar-refractivity contribution in [3.8, 4) is 29.6 Å². The molecule has 7 nitrogen and oxygen atoms in total. The quantitative estimate of drug-likeness (QED) is 0.322.